The number of rotatable bonds is 7. The minimum Gasteiger partial charge on any atom is -0.496 e. The van der Waals surface area contributed by atoms with Gasteiger partial charge >= 0.3 is 0 Å². The van der Waals surface area contributed by atoms with Gasteiger partial charge < -0.3 is 21.1 Å². The number of nitrogens with two attached hydrogens (primary N) is 1. The van der Waals surface area contributed by atoms with Gasteiger partial charge in [-0.1, -0.05) is 18.2 Å². The molecule has 2 aromatic rings. The van der Waals surface area contributed by atoms with Crippen LogP contribution in [0.25, 0.3) is 0 Å². The largest absolute Gasteiger partial charge is 0.496 e. The summed E-state index contributed by atoms with van der Waals surface area (Å²) in [5.74, 6) is 0.101. The molecule has 0 aromatic heterocycles. The maximum atomic E-state index is 12.0. The van der Waals surface area contributed by atoms with Gasteiger partial charge in [0.05, 0.1) is 13.7 Å². The summed E-state index contributed by atoms with van der Waals surface area (Å²) >= 11 is 0. The van der Waals surface area contributed by atoms with Crippen LogP contribution < -0.4 is 21.1 Å². The molecule has 2 amide bonds. The molecular formula is C18H21N3O3. The molecule has 126 valence electrons. The van der Waals surface area contributed by atoms with Crippen LogP contribution in [-0.2, 0) is 4.79 Å². The summed E-state index contributed by atoms with van der Waals surface area (Å²) in [5.41, 5.74) is 7.17. The lowest BCUT2D eigenvalue weighted by Crippen LogP contribution is -2.30. The van der Waals surface area contributed by atoms with E-state index in [1.807, 2.05) is 31.2 Å². The van der Waals surface area contributed by atoms with Crippen LogP contribution in [0.5, 0.6) is 5.75 Å². The second-order valence-corrected chi connectivity index (χ2v) is 5.33. The van der Waals surface area contributed by atoms with E-state index in [1.165, 1.54) is 0 Å². The van der Waals surface area contributed by atoms with Crippen LogP contribution in [-0.4, -0.2) is 25.5 Å². The van der Waals surface area contributed by atoms with Crippen molar-refractivity contribution in [3.63, 3.8) is 0 Å². The van der Waals surface area contributed by atoms with Gasteiger partial charge in [0.15, 0.2) is 0 Å². The van der Waals surface area contributed by atoms with Crippen molar-refractivity contribution in [2.45, 2.75) is 13.0 Å². The lowest BCUT2D eigenvalue weighted by molar-refractivity contribution is -0.115. The van der Waals surface area contributed by atoms with Crippen molar-refractivity contribution in [2.24, 2.45) is 5.73 Å². The second-order valence-electron chi connectivity index (χ2n) is 5.33. The molecule has 0 spiro atoms. The molecule has 0 aliphatic heterocycles. The molecule has 0 saturated heterocycles. The number of carbonyl (C=O) groups excluding carboxylic acids is 2. The van der Waals surface area contributed by atoms with E-state index in [0.717, 1.165) is 11.3 Å². The number of hydrogen-bond acceptors (Lipinski definition) is 4. The zero-order chi connectivity index (χ0) is 17.5. The number of nitrogens with one attached hydrogen (secondary N) is 2. The van der Waals surface area contributed by atoms with Crippen molar-refractivity contribution in [1.82, 2.24) is 5.32 Å². The summed E-state index contributed by atoms with van der Waals surface area (Å²) in [7, 11) is 1.62. The van der Waals surface area contributed by atoms with Gasteiger partial charge in [-0.05, 0) is 37.3 Å². The molecule has 0 heterocycles. The third-order valence-corrected chi connectivity index (χ3v) is 3.63. The van der Waals surface area contributed by atoms with Crippen LogP contribution in [0, 0.1) is 0 Å². The average molecular weight is 327 g/mol. The smallest absolute Gasteiger partial charge is 0.248 e. The summed E-state index contributed by atoms with van der Waals surface area (Å²) in [6, 6.07) is 14.1. The topological polar surface area (TPSA) is 93.4 Å². The molecule has 0 bridgehead atoms. The summed E-state index contributed by atoms with van der Waals surface area (Å²) in [6.45, 7) is 2.11. The number of benzene rings is 2. The molecule has 1 unspecified atom stereocenters. The first kappa shape index (κ1) is 17.5. The van der Waals surface area contributed by atoms with Gasteiger partial charge in [0.1, 0.15) is 5.75 Å². The Balaban J connectivity index is 1.89. The standard InChI is InChI=1S/C18H21N3O3/c1-12(15-5-3-4-6-16(15)24-2)20-11-17(22)21-14-9-7-13(8-10-14)18(19)23/h3-10,12,20H,11H2,1-2H3,(H2,19,23)(H,21,22). The second kappa shape index (κ2) is 8.12. The zero-order valence-corrected chi connectivity index (χ0v) is 13.7. The van der Waals surface area contributed by atoms with Gasteiger partial charge in [0.2, 0.25) is 11.8 Å². The Kier molecular flexibility index (Phi) is 5.92. The Hall–Kier alpha value is -2.86. The highest BCUT2D eigenvalue weighted by Gasteiger charge is 2.12. The molecule has 1 atom stereocenters. The Bertz CT molecular complexity index is 714. The maximum Gasteiger partial charge on any atom is 0.248 e. The highest BCUT2D eigenvalue weighted by atomic mass is 16.5. The first-order valence-electron chi connectivity index (χ1n) is 7.57. The van der Waals surface area contributed by atoms with Crippen molar-refractivity contribution >= 4 is 17.5 Å². The van der Waals surface area contributed by atoms with E-state index in [2.05, 4.69) is 10.6 Å². The molecule has 0 aliphatic carbocycles. The molecule has 6 nitrogen and oxygen atoms in total. The predicted molar refractivity (Wildman–Crippen MR) is 93.0 cm³/mol. The van der Waals surface area contributed by atoms with Gasteiger partial charge in [0, 0.05) is 22.9 Å². The number of ether oxygens (including phenoxy) is 1. The molecule has 0 fully saturated rings. The van der Waals surface area contributed by atoms with Crippen molar-refractivity contribution < 1.29 is 14.3 Å². The van der Waals surface area contributed by atoms with E-state index in [1.54, 1.807) is 31.4 Å². The van der Waals surface area contributed by atoms with E-state index in [0.29, 0.717) is 11.3 Å². The Morgan fingerprint density at radius 2 is 1.79 bits per heavy atom. The molecule has 0 saturated carbocycles. The SMILES string of the molecule is COc1ccccc1C(C)NCC(=O)Nc1ccc(C(N)=O)cc1. The molecule has 4 N–H and O–H groups in total. The van der Waals surface area contributed by atoms with Gasteiger partial charge in [-0.3, -0.25) is 9.59 Å². The number of anilines is 1. The Labute approximate surface area is 141 Å². The monoisotopic (exact) mass is 327 g/mol. The number of amides is 2. The van der Waals surface area contributed by atoms with Crippen molar-refractivity contribution in [3.8, 4) is 5.75 Å². The Morgan fingerprint density at radius 3 is 2.42 bits per heavy atom. The highest BCUT2D eigenvalue weighted by molar-refractivity contribution is 5.95. The lowest BCUT2D eigenvalue weighted by atomic mass is 10.1. The molecule has 2 rings (SSSR count). The first-order chi connectivity index (χ1) is 11.5. The van der Waals surface area contributed by atoms with Gasteiger partial charge in [-0.25, -0.2) is 0 Å². The van der Waals surface area contributed by atoms with E-state index in [-0.39, 0.29) is 18.5 Å². The molecule has 0 radical (unpaired) electrons. The minimum atomic E-state index is -0.500. The van der Waals surface area contributed by atoms with Crippen LogP contribution in [0.4, 0.5) is 5.69 Å². The number of para-hydroxylation sites is 1. The summed E-state index contributed by atoms with van der Waals surface area (Å²) in [6.07, 6.45) is 0. The van der Waals surface area contributed by atoms with E-state index < -0.39 is 5.91 Å². The quantitative estimate of drug-likeness (QED) is 0.726. The fourth-order valence-corrected chi connectivity index (χ4v) is 2.30. The van der Waals surface area contributed by atoms with Crippen LogP contribution in [0.3, 0.4) is 0 Å². The van der Waals surface area contributed by atoms with Crippen LogP contribution >= 0.6 is 0 Å². The number of primary amides is 1. The molecular weight excluding hydrogens is 306 g/mol. The van der Waals surface area contributed by atoms with Gasteiger partial charge in [0.25, 0.3) is 0 Å². The average Bonchev–Trinajstić information content (AvgIpc) is 2.60. The van der Waals surface area contributed by atoms with Crippen LogP contribution in [0.15, 0.2) is 48.5 Å². The van der Waals surface area contributed by atoms with Gasteiger partial charge in [-0.15, -0.1) is 0 Å². The highest BCUT2D eigenvalue weighted by Crippen LogP contribution is 2.24. The lowest BCUT2D eigenvalue weighted by Gasteiger charge is -2.17. The molecule has 6 heteroatoms. The predicted octanol–water partition coefficient (Wildman–Crippen LogP) is 2.08. The summed E-state index contributed by atoms with van der Waals surface area (Å²) in [5, 5.41) is 5.92. The number of carbonyl (C=O) groups is 2. The van der Waals surface area contributed by atoms with Crippen molar-refractivity contribution in [2.75, 3.05) is 19.0 Å². The van der Waals surface area contributed by atoms with E-state index in [9.17, 15) is 9.59 Å². The summed E-state index contributed by atoms with van der Waals surface area (Å²) in [4.78, 5) is 23.0. The zero-order valence-electron chi connectivity index (χ0n) is 13.7. The third-order valence-electron chi connectivity index (χ3n) is 3.63. The fourth-order valence-electron chi connectivity index (χ4n) is 2.30. The summed E-state index contributed by atoms with van der Waals surface area (Å²) < 4.78 is 5.32. The Morgan fingerprint density at radius 1 is 1.12 bits per heavy atom. The molecule has 2 aromatic carbocycles. The molecule has 24 heavy (non-hydrogen) atoms. The van der Waals surface area contributed by atoms with E-state index >= 15 is 0 Å². The van der Waals surface area contributed by atoms with Crippen LogP contribution in [0.2, 0.25) is 0 Å². The first-order valence-corrected chi connectivity index (χ1v) is 7.57. The normalized spacial score (nSPS) is 11.6. The van der Waals surface area contributed by atoms with Crippen LogP contribution in [0.1, 0.15) is 28.9 Å². The number of hydrogen-bond donors (Lipinski definition) is 3. The van der Waals surface area contributed by atoms with Crippen molar-refractivity contribution in [3.05, 3.63) is 59.7 Å². The van der Waals surface area contributed by atoms with Crippen molar-refractivity contribution in [1.29, 1.82) is 0 Å². The minimum absolute atomic E-state index is 0.0378. The maximum absolute atomic E-state index is 12.0. The molecule has 0 aliphatic rings. The fraction of sp³-hybridized carbons (Fsp3) is 0.222. The number of methoxy groups -OCH3 is 1. The van der Waals surface area contributed by atoms with Gasteiger partial charge in [-0.2, -0.15) is 0 Å². The third kappa shape index (κ3) is 4.57. The van der Waals surface area contributed by atoms with E-state index in [4.69, 9.17) is 10.5 Å².